The Labute approximate surface area is 119 Å². The minimum Gasteiger partial charge on any atom is -0.480 e. The fourth-order valence-electron chi connectivity index (χ4n) is 1.28. The number of rotatable bonds is 4. The van der Waals surface area contributed by atoms with Crippen molar-refractivity contribution < 1.29 is 19.8 Å². The number of hydrogen-bond donors (Lipinski definition) is 4. The van der Waals surface area contributed by atoms with Gasteiger partial charge in [-0.2, -0.15) is 0 Å². The molecular weight excluding hydrogens is 295 g/mol. The number of nitrogens with one attached hydrogen (secondary N) is 2. The zero-order valence-corrected chi connectivity index (χ0v) is 11.4. The third kappa shape index (κ3) is 4.59. The van der Waals surface area contributed by atoms with Gasteiger partial charge < -0.3 is 20.8 Å². The van der Waals surface area contributed by atoms with Crippen LogP contribution in [0, 0.1) is 0 Å². The first-order valence-corrected chi connectivity index (χ1v) is 6.00. The molecule has 2 unspecified atom stereocenters. The van der Waals surface area contributed by atoms with Crippen molar-refractivity contribution in [2.75, 3.05) is 5.32 Å². The smallest absolute Gasteiger partial charge is 0.328 e. The Morgan fingerprint density at radius 3 is 2.47 bits per heavy atom. The molecule has 0 radical (unpaired) electrons. The lowest BCUT2D eigenvalue weighted by atomic mass is 10.2. The number of carbonyl (C=O) groups is 2. The minimum absolute atomic E-state index is 0.237. The second-order valence-corrected chi connectivity index (χ2v) is 4.62. The van der Waals surface area contributed by atoms with Gasteiger partial charge in [0.25, 0.3) is 0 Å². The van der Waals surface area contributed by atoms with Gasteiger partial charge in [0.15, 0.2) is 6.04 Å². The Morgan fingerprint density at radius 2 is 1.95 bits per heavy atom. The van der Waals surface area contributed by atoms with Gasteiger partial charge in [0.2, 0.25) is 0 Å². The van der Waals surface area contributed by atoms with Crippen LogP contribution in [0.3, 0.4) is 0 Å². The maximum absolute atomic E-state index is 11.6. The maximum Gasteiger partial charge on any atom is 0.328 e. The van der Waals surface area contributed by atoms with Gasteiger partial charge in [-0.25, -0.2) is 9.59 Å². The molecule has 0 aliphatic rings. The number of anilines is 1. The molecule has 0 aromatic heterocycles. The van der Waals surface area contributed by atoms with E-state index in [4.69, 9.17) is 28.3 Å². The van der Waals surface area contributed by atoms with Crippen LogP contribution in [0.15, 0.2) is 18.2 Å². The van der Waals surface area contributed by atoms with E-state index >= 15 is 0 Å². The van der Waals surface area contributed by atoms with Crippen LogP contribution in [0.1, 0.15) is 6.92 Å². The number of amides is 2. The fourth-order valence-corrected chi connectivity index (χ4v) is 1.62. The fraction of sp³-hybridized carbons (Fsp3) is 0.273. The number of carboxylic acids is 1. The number of carbonyl (C=O) groups excluding carboxylic acids is 1. The van der Waals surface area contributed by atoms with E-state index in [1.807, 2.05) is 0 Å². The molecule has 8 heteroatoms. The predicted molar refractivity (Wildman–Crippen MR) is 71.7 cm³/mol. The summed E-state index contributed by atoms with van der Waals surface area (Å²) in [4.78, 5) is 22.4. The van der Waals surface area contributed by atoms with Crippen molar-refractivity contribution in [3.8, 4) is 0 Å². The van der Waals surface area contributed by atoms with E-state index in [0.29, 0.717) is 5.02 Å². The summed E-state index contributed by atoms with van der Waals surface area (Å²) in [6, 6.07) is 2.23. The van der Waals surface area contributed by atoms with Gasteiger partial charge >= 0.3 is 12.0 Å². The topological polar surface area (TPSA) is 98.7 Å². The van der Waals surface area contributed by atoms with Gasteiger partial charge in [-0.15, -0.1) is 0 Å². The van der Waals surface area contributed by atoms with E-state index in [1.165, 1.54) is 19.1 Å². The zero-order valence-electron chi connectivity index (χ0n) is 9.85. The maximum atomic E-state index is 11.6. The highest BCUT2D eigenvalue weighted by Crippen LogP contribution is 2.25. The molecule has 1 rings (SSSR count). The molecule has 6 nitrogen and oxygen atoms in total. The molecule has 0 aliphatic carbocycles. The molecule has 0 aliphatic heterocycles. The first-order chi connectivity index (χ1) is 8.81. The van der Waals surface area contributed by atoms with E-state index < -0.39 is 24.1 Å². The highest BCUT2D eigenvalue weighted by atomic mass is 35.5. The number of aliphatic carboxylic acids is 1. The highest BCUT2D eigenvalue weighted by Gasteiger charge is 2.25. The van der Waals surface area contributed by atoms with Gasteiger partial charge in [-0.1, -0.05) is 23.2 Å². The largest absolute Gasteiger partial charge is 0.480 e. The lowest BCUT2D eigenvalue weighted by Gasteiger charge is -2.17. The van der Waals surface area contributed by atoms with Crippen LogP contribution < -0.4 is 10.6 Å². The number of benzene rings is 1. The van der Waals surface area contributed by atoms with E-state index in [0.717, 1.165) is 0 Å². The standard InChI is InChI=1S/C11H12Cl2N2O4/c1-5(16)9(10(17)18)15-11(19)14-8-4-6(12)2-3-7(8)13/h2-5,9,16H,1H3,(H,17,18)(H2,14,15,19). The van der Waals surface area contributed by atoms with Gasteiger partial charge in [0.05, 0.1) is 16.8 Å². The molecule has 4 N–H and O–H groups in total. The Hall–Kier alpha value is -1.50. The van der Waals surface area contributed by atoms with E-state index in [1.54, 1.807) is 6.07 Å². The summed E-state index contributed by atoms with van der Waals surface area (Å²) < 4.78 is 0. The lowest BCUT2D eigenvalue weighted by Crippen LogP contribution is -2.49. The Bertz CT molecular complexity index is 494. The zero-order chi connectivity index (χ0) is 14.6. The van der Waals surface area contributed by atoms with Crippen molar-refractivity contribution in [1.82, 2.24) is 5.32 Å². The second kappa shape index (κ2) is 6.60. The summed E-state index contributed by atoms with van der Waals surface area (Å²) in [5.41, 5.74) is 0.237. The van der Waals surface area contributed by atoms with E-state index in [2.05, 4.69) is 10.6 Å². The summed E-state index contributed by atoms with van der Waals surface area (Å²) in [7, 11) is 0. The Balaban J connectivity index is 2.74. The molecule has 2 amide bonds. The molecule has 0 fully saturated rings. The first-order valence-electron chi connectivity index (χ1n) is 5.24. The van der Waals surface area contributed by atoms with Gasteiger partial charge in [-0.05, 0) is 25.1 Å². The van der Waals surface area contributed by atoms with Gasteiger partial charge in [0.1, 0.15) is 0 Å². The highest BCUT2D eigenvalue weighted by molar-refractivity contribution is 6.35. The van der Waals surface area contributed by atoms with Crippen molar-refractivity contribution in [3.05, 3.63) is 28.2 Å². The molecule has 0 spiro atoms. The lowest BCUT2D eigenvalue weighted by molar-refractivity contribution is -0.141. The second-order valence-electron chi connectivity index (χ2n) is 3.78. The van der Waals surface area contributed by atoms with Crippen LogP contribution in [-0.2, 0) is 4.79 Å². The van der Waals surface area contributed by atoms with Crippen LogP contribution >= 0.6 is 23.2 Å². The molecule has 0 bridgehead atoms. The van der Waals surface area contributed by atoms with Crippen LogP contribution in [0.25, 0.3) is 0 Å². The quantitative estimate of drug-likeness (QED) is 0.683. The number of halogens is 2. The number of aliphatic hydroxyl groups excluding tert-OH is 1. The molecule has 104 valence electrons. The summed E-state index contributed by atoms with van der Waals surface area (Å²) >= 11 is 11.6. The van der Waals surface area contributed by atoms with Crippen LogP contribution in [0.4, 0.5) is 10.5 Å². The molecular formula is C11H12Cl2N2O4. The number of hydrogen-bond acceptors (Lipinski definition) is 3. The van der Waals surface area contributed by atoms with Crippen molar-refractivity contribution in [2.45, 2.75) is 19.1 Å². The van der Waals surface area contributed by atoms with Crippen molar-refractivity contribution in [2.24, 2.45) is 0 Å². The average molecular weight is 307 g/mol. The van der Waals surface area contributed by atoms with Crippen molar-refractivity contribution in [3.63, 3.8) is 0 Å². The average Bonchev–Trinajstić information content (AvgIpc) is 2.30. The number of urea groups is 1. The van der Waals surface area contributed by atoms with E-state index in [-0.39, 0.29) is 10.7 Å². The molecule has 0 heterocycles. The number of carboxylic acid groups (broad SMARTS) is 1. The molecule has 1 aromatic carbocycles. The third-order valence-electron chi connectivity index (χ3n) is 2.21. The summed E-state index contributed by atoms with van der Waals surface area (Å²) in [6.07, 6.45) is -1.24. The minimum atomic E-state index is -1.42. The normalized spacial score (nSPS) is 13.5. The molecule has 0 saturated heterocycles. The predicted octanol–water partition coefficient (Wildman–Crippen LogP) is 1.95. The van der Waals surface area contributed by atoms with E-state index in [9.17, 15) is 14.7 Å². The van der Waals surface area contributed by atoms with Gasteiger partial charge in [-0.3, -0.25) is 0 Å². The SMILES string of the molecule is CC(O)C(NC(=O)Nc1cc(Cl)ccc1Cl)C(=O)O. The van der Waals surface area contributed by atoms with Crippen LogP contribution in [0.2, 0.25) is 10.0 Å². The Kier molecular flexibility index (Phi) is 5.41. The molecule has 1 aromatic rings. The summed E-state index contributed by atoms with van der Waals surface area (Å²) in [5.74, 6) is -1.35. The Morgan fingerprint density at radius 1 is 1.32 bits per heavy atom. The third-order valence-corrected chi connectivity index (χ3v) is 2.78. The van der Waals surface area contributed by atoms with Gasteiger partial charge in [0, 0.05) is 5.02 Å². The monoisotopic (exact) mass is 306 g/mol. The number of aliphatic hydroxyl groups is 1. The van der Waals surface area contributed by atoms with Crippen molar-refractivity contribution >= 4 is 40.9 Å². The van der Waals surface area contributed by atoms with Crippen LogP contribution in [0.5, 0.6) is 0 Å². The molecule has 19 heavy (non-hydrogen) atoms. The van der Waals surface area contributed by atoms with Crippen molar-refractivity contribution in [1.29, 1.82) is 0 Å². The molecule has 0 saturated carbocycles. The first kappa shape index (κ1) is 15.6. The molecule has 2 atom stereocenters. The van der Waals surface area contributed by atoms with Crippen LogP contribution in [-0.4, -0.2) is 34.4 Å². The summed E-state index contributed by atoms with van der Waals surface area (Å²) in [6.45, 7) is 1.26. The summed E-state index contributed by atoms with van der Waals surface area (Å²) in [5, 5.41) is 23.1.